The van der Waals surface area contributed by atoms with E-state index in [2.05, 4.69) is 0 Å². The molecule has 13 heavy (non-hydrogen) atoms. The molecule has 0 spiro atoms. The maximum absolute atomic E-state index is 5.77. The van der Waals surface area contributed by atoms with Gasteiger partial charge in [0.05, 0.1) is 0 Å². The highest BCUT2D eigenvalue weighted by Crippen LogP contribution is 2.36. The fraction of sp³-hybridized carbons (Fsp3) is 1.00. The second-order valence-electron chi connectivity index (χ2n) is 3.76. The molecule has 0 saturated heterocycles. The van der Waals surface area contributed by atoms with Crippen molar-refractivity contribution < 1.29 is 8.85 Å². The summed E-state index contributed by atoms with van der Waals surface area (Å²) in [5.41, 5.74) is 6.38. The number of hydrogen-bond acceptors (Lipinski definition) is 3. The molecule has 78 valence electrons. The highest BCUT2D eigenvalue weighted by Gasteiger charge is 2.43. The van der Waals surface area contributed by atoms with E-state index in [9.17, 15) is 0 Å². The summed E-state index contributed by atoms with van der Waals surface area (Å²) in [6, 6.07) is 0. The van der Waals surface area contributed by atoms with Crippen LogP contribution >= 0.6 is 0 Å². The van der Waals surface area contributed by atoms with E-state index >= 15 is 0 Å². The Kier molecular flexibility index (Phi) is 4.38. The van der Waals surface area contributed by atoms with Gasteiger partial charge in [-0.05, 0) is 12.8 Å². The average molecular weight is 203 g/mol. The van der Waals surface area contributed by atoms with Crippen molar-refractivity contribution in [3.8, 4) is 0 Å². The Morgan fingerprint density at radius 3 is 2.08 bits per heavy atom. The van der Waals surface area contributed by atoms with E-state index in [1.54, 1.807) is 14.2 Å². The third kappa shape index (κ3) is 2.31. The molecule has 0 heterocycles. The van der Waals surface area contributed by atoms with Crippen LogP contribution in [0, 0.1) is 0 Å². The van der Waals surface area contributed by atoms with Gasteiger partial charge in [0.15, 0.2) is 0 Å². The zero-order chi connectivity index (χ0) is 9.73. The molecule has 1 aliphatic rings. The van der Waals surface area contributed by atoms with Crippen molar-refractivity contribution in [1.29, 1.82) is 0 Å². The third-order valence-electron chi connectivity index (χ3n) is 3.20. The van der Waals surface area contributed by atoms with Gasteiger partial charge in [0, 0.05) is 25.9 Å². The van der Waals surface area contributed by atoms with Crippen molar-refractivity contribution >= 4 is 8.56 Å². The molecule has 0 aliphatic heterocycles. The van der Waals surface area contributed by atoms with E-state index < -0.39 is 8.56 Å². The van der Waals surface area contributed by atoms with Gasteiger partial charge in [0.1, 0.15) is 0 Å². The minimum absolute atomic E-state index is 0.588. The van der Waals surface area contributed by atoms with Gasteiger partial charge in [-0.15, -0.1) is 0 Å². The third-order valence-corrected chi connectivity index (χ3v) is 6.98. The number of nitrogens with two attached hydrogens (primary N) is 1. The minimum atomic E-state index is -2.04. The van der Waals surface area contributed by atoms with Crippen molar-refractivity contribution in [2.24, 2.45) is 5.73 Å². The van der Waals surface area contributed by atoms with E-state index in [4.69, 9.17) is 14.6 Å². The van der Waals surface area contributed by atoms with Crippen LogP contribution in [0.2, 0.25) is 5.54 Å². The fourth-order valence-corrected chi connectivity index (χ4v) is 5.08. The Hall–Kier alpha value is 0.0969. The standard InChI is InChI=1S/C9H21NO2Si/c1-11-13(8-10,12-2)9-6-4-3-5-7-9/h9H,3-8,10H2,1-2H3. The first kappa shape index (κ1) is 11.2. The van der Waals surface area contributed by atoms with Gasteiger partial charge >= 0.3 is 8.56 Å². The first-order valence-electron chi connectivity index (χ1n) is 5.09. The first-order valence-corrected chi connectivity index (χ1v) is 7.19. The molecule has 1 rings (SSSR count). The molecular weight excluding hydrogens is 182 g/mol. The molecule has 0 bridgehead atoms. The van der Waals surface area contributed by atoms with Crippen LogP contribution in [0.5, 0.6) is 0 Å². The summed E-state index contributed by atoms with van der Waals surface area (Å²) in [7, 11) is 1.46. The van der Waals surface area contributed by atoms with Crippen LogP contribution < -0.4 is 5.73 Å². The SMILES string of the molecule is CO[Si](CN)(OC)C1CCCCC1. The van der Waals surface area contributed by atoms with Crippen LogP contribution in [0.25, 0.3) is 0 Å². The molecule has 0 radical (unpaired) electrons. The molecule has 0 atom stereocenters. The summed E-state index contributed by atoms with van der Waals surface area (Å²) in [4.78, 5) is 0. The second kappa shape index (κ2) is 5.10. The van der Waals surface area contributed by atoms with Crippen LogP contribution in [-0.2, 0) is 8.85 Å². The molecule has 0 aromatic carbocycles. The Morgan fingerprint density at radius 2 is 1.69 bits per heavy atom. The predicted molar refractivity (Wildman–Crippen MR) is 55.7 cm³/mol. The van der Waals surface area contributed by atoms with Gasteiger partial charge < -0.3 is 14.6 Å². The van der Waals surface area contributed by atoms with Gasteiger partial charge in [-0.2, -0.15) is 0 Å². The molecule has 4 heteroatoms. The lowest BCUT2D eigenvalue weighted by atomic mass is 10.0. The van der Waals surface area contributed by atoms with Gasteiger partial charge in [-0.1, -0.05) is 19.3 Å². The van der Waals surface area contributed by atoms with Crippen LogP contribution in [-0.4, -0.2) is 28.9 Å². The summed E-state index contributed by atoms with van der Waals surface area (Å²) in [5.74, 6) is 0. The lowest BCUT2D eigenvalue weighted by Crippen LogP contribution is -2.52. The maximum atomic E-state index is 5.77. The lowest BCUT2D eigenvalue weighted by molar-refractivity contribution is 0.218. The Labute approximate surface area is 81.8 Å². The minimum Gasteiger partial charge on any atom is -0.397 e. The van der Waals surface area contributed by atoms with E-state index in [0.29, 0.717) is 11.7 Å². The van der Waals surface area contributed by atoms with Crippen molar-refractivity contribution in [2.45, 2.75) is 37.6 Å². The molecule has 2 N–H and O–H groups in total. The molecular formula is C9H21NO2Si. The largest absolute Gasteiger partial charge is 0.397 e. The van der Waals surface area contributed by atoms with Crippen LogP contribution in [0.15, 0.2) is 0 Å². The second-order valence-corrected chi connectivity index (χ2v) is 7.42. The first-order chi connectivity index (χ1) is 6.29. The van der Waals surface area contributed by atoms with Crippen molar-refractivity contribution in [2.75, 3.05) is 20.4 Å². The quantitative estimate of drug-likeness (QED) is 0.705. The summed E-state index contributed by atoms with van der Waals surface area (Å²) >= 11 is 0. The maximum Gasteiger partial charge on any atom is 0.354 e. The van der Waals surface area contributed by atoms with Crippen LogP contribution in [0.3, 0.4) is 0 Å². The molecule has 0 amide bonds. The van der Waals surface area contributed by atoms with Crippen molar-refractivity contribution in [3.63, 3.8) is 0 Å². The van der Waals surface area contributed by atoms with Gasteiger partial charge in [0.25, 0.3) is 0 Å². The Balaban J connectivity index is 2.60. The summed E-state index contributed by atoms with van der Waals surface area (Å²) in [6.45, 7) is 0. The summed E-state index contributed by atoms with van der Waals surface area (Å²) in [6.07, 6.45) is 7.05. The van der Waals surface area contributed by atoms with Crippen molar-refractivity contribution in [1.82, 2.24) is 0 Å². The van der Waals surface area contributed by atoms with E-state index in [1.165, 1.54) is 32.1 Å². The smallest absolute Gasteiger partial charge is 0.354 e. The molecule has 1 aliphatic carbocycles. The fourth-order valence-electron chi connectivity index (χ4n) is 2.29. The van der Waals surface area contributed by atoms with Gasteiger partial charge in [0.2, 0.25) is 0 Å². The normalized spacial score (nSPS) is 20.5. The highest BCUT2D eigenvalue weighted by molar-refractivity contribution is 6.69. The van der Waals surface area contributed by atoms with Gasteiger partial charge in [-0.3, -0.25) is 0 Å². The van der Waals surface area contributed by atoms with E-state index in [0.717, 1.165) is 0 Å². The topological polar surface area (TPSA) is 44.5 Å². The van der Waals surface area contributed by atoms with Crippen LogP contribution in [0.4, 0.5) is 0 Å². The zero-order valence-electron chi connectivity index (χ0n) is 8.71. The molecule has 0 unspecified atom stereocenters. The van der Waals surface area contributed by atoms with E-state index in [1.807, 2.05) is 0 Å². The lowest BCUT2D eigenvalue weighted by Gasteiger charge is -2.36. The zero-order valence-corrected chi connectivity index (χ0v) is 9.71. The number of hydrogen-bond donors (Lipinski definition) is 1. The highest BCUT2D eigenvalue weighted by atomic mass is 28.4. The molecule has 3 nitrogen and oxygen atoms in total. The van der Waals surface area contributed by atoms with Crippen molar-refractivity contribution in [3.05, 3.63) is 0 Å². The number of rotatable bonds is 4. The van der Waals surface area contributed by atoms with Crippen LogP contribution in [0.1, 0.15) is 32.1 Å². The Bertz CT molecular complexity index is 136. The van der Waals surface area contributed by atoms with Gasteiger partial charge in [-0.25, -0.2) is 0 Å². The molecule has 0 aromatic heterocycles. The molecule has 1 fully saturated rings. The predicted octanol–water partition coefficient (Wildman–Crippen LogP) is 1.55. The summed E-state index contributed by atoms with van der Waals surface area (Å²) < 4.78 is 11.1. The molecule has 0 aromatic rings. The average Bonchev–Trinajstić information content (AvgIpc) is 2.23. The monoisotopic (exact) mass is 203 g/mol. The summed E-state index contributed by atoms with van der Waals surface area (Å²) in [5, 5.41) is 0. The van der Waals surface area contributed by atoms with E-state index in [-0.39, 0.29) is 0 Å². The Morgan fingerprint density at radius 1 is 1.15 bits per heavy atom. The molecule has 1 saturated carbocycles.